The highest BCUT2D eigenvalue weighted by Gasteiger charge is 2.37. The molecule has 0 rings (SSSR count). The lowest BCUT2D eigenvalue weighted by molar-refractivity contribution is -0.294. The van der Waals surface area contributed by atoms with Gasteiger partial charge >= 0.3 is 0 Å². The van der Waals surface area contributed by atoms with Gasteiger partial charge in [-0.15, -0.1) is 0 Å². The smallest absolute Gasteiger partial charge is 0.171 e. The number of hydrogen-bond acceptors (Lipinski definition) is 2. The number of hydrogen-bond donors (Lipinski definition) is 0. The number of rotatable bonds is 13. The van der Waals surface area contributed by atoms with Crippen molar-refractivity contribution in [3.05, 3.63) is 0 Å². The summed E-state index contributed by atoms with van der Waals surface area (Å²) in [6.45, 7) is 15.1. The average Bonchev–Trinajstić information content (AvgIpc) is 2.35. The molecule has 2 heteroatoms. The highest BCUT2D eigenvalue weighted by Crippen LogP contribution is 2.32. The van der Waals surface area contributed by atoms with Gasteiger partial charge in [-0.2, -0.15) is 0 Å². The van der Waals surface area contributed by atoms with Crippen LogP contribution in [0, 0.1) is 5.92 Å². The Kier molecular flexibility index (Phi) is 11.4. The van der Waals surface area contributed by atoms with Gasteiger partial charge in [0.2, 0.25) is 0 Å². The van der Waals surface area contributed by atoms with E-state index in [0.717, 1.165) is 6.42 Å². The topological polar surface area (TPSA) is 18.5 Å². The zero-order valence-electron chi connectivity index (χ0n) is 15.7. The zero-order chi connectivity index (χ0) is 16.3. The Bertz CT molecular complexity index is 224. The second kappa shape index (κ2) is 11.5. The molecule has 0 aromatic heterocycles. The van der Waals surface area contributed by atoms with Crippen LogP contribution >= 0.6 is 0 Å². The van der Waals surface area contributed by atoms with Crippen LogP contribution in [0.1, 0.15) is 99.8 Å². The van der Waals surface area contributed by atoms with E-state index in [9.17, 15) is 0 Å². The molecule has 0 N–H and O–H groups in total. The number of ether oxygens (including phenoxy) is 2. The molecule has 0 aromatic carbocycles. The van der Waals surface area contributed by atoms with Crippen molar-refractivity contribution in [2.24, 2.45) is 5.92 Å². The van der Waals surface area contributed by atoms with Gasteiger partial charge in [-0.3, -0.25) is 0 Å². The Balaban J connectivity index is 4.32. The summed E-state index contributed by atoms with van der Waals surface area (Å²) in [7, 11) is 0. The molecule has 0 unspecified atom stereocenters. The van der Waals surface area contributed by atoms with Crippen molar-refractivity contribution in [3.8, 4) is 0 Å². The maximum Gasteiger partial charge on any atom is 0.171 e. The van der Waals surface area contributed by atoms with Crippen LogP contribution in [0.5, 0.6) is 0 Å². The van der Waals surface area contributed by atoms with E-state index >= 15 is 0 Å². The van der Waals surface area contributed by atoms with Gasteiger partial charge in [0.1, 0.15) is 0 Å². The standard InChI is InChI=1S/C19H40O2/c1-8-9-10-11-12-13-14-15-19(16(2)3,20-17(4)5)21-18(6)7/h16-18H,8-15H2,1-7H3. The maximum atomic E-state index is 6.23. The van der Waals surface area contributed by atoms with Crippen molar-refractivity contribution >= 4 is 0 Å². The molecule has 0 radical (unpaired) electrons. The van der Waals surface area contributed by atoms with E-state index in [1.54, 1.807) is 0 Å². The van der Waals surface area contributed by atoms with Crippen molar-refractivity contribution in [1.82, 2.24) is 0 Å². The summed E-state index contributed by atoms with van der Waals surface area (Å²) in [5, 5.41) is 0. The molecule has 0 heterocycles. The Morgan fingerprint density at radius 1 is 0.667 bits per heavy atom. The van der Waals surface area contributed by atoms with E-state index in [-0.39, 0.29) is 12.2 Å². The van der Waals surface area contributed by atoms with Crippen molar-refractivity contribution in [3.63, 3.8) is 0 Å². The van der Waals surface area contributed by atoms with Gasteiger partial charge < -0.3 is 9.47 Å². The van der Waals surface area contributed by atoms with Gasteiger partial charge in [0.05, 0.1) is 12.2 Å². The minimum Gasteiger partial charge on any atom is -0.347 e. The van der Waals surface area contributed by atoms with E-state index in [0.29, 0.717) is 5.92 Å². The molecule has 0 atom stereocenters. The van der Waals surface area contributed by atoms with Gasteiger partial charge in [-0.1, -0.05) is 59.3 Å². The summed E-state index contributed by atoms with van der Waals surface area (Å²) in [5.74, 6) is -0.0337. The van der Waals surface area contributed by atoms with Gasteiger partial charge in [0.25, 0.3) is 0 Å². The summed E-state index contributed by atoms with van der Waals surface area (Å²) in [5.41, 5.74) is 0. The summed E-state index contributed by atoms with van der Waals surface area (Å²) < 4.78 is 12.5. The molecule has 0 aromatic rings. The molecule has 21 heavy (non-hydrogen) atoms. The third-order valence-electron chi connectivity index (χ3n) is 3.88. The predicted octanol–water partition coefficient (Wildman–Crippen LogP) is 6.33. The molecule has 0 spiro atoms. The minimum atomic E-state index is -0.411. The molecule has 0 aliphatic carbocycles. The van der Waals surface area contributed by atoms with Gasteiger partial charge in [-0.25, -0.2) is 0 Å². The van der Waals surface area contributed by atoms with Crippen LogP contribution in [0.15, 0.2) is 0 Å². The van der Waals surface area contributed by atoms with E-state index in [1.807, 2.05) is 0 Å². The Morgan fingerprint density at radius 2 is 1.10 bits per heavy atom. The van der Waals surface area contributed by atoms with E-state index in [4.69, 9.17) is 9.47 Å². The van der Waals surface area contributed by atoms with Crippen LogP contribution in [0.2, 0.25) is 0 Å². The van der Waals surface area contributed by atoms with Crippen molar-refractivity contribution < 1.29 is 9.47 Å². The SMILES string of the molecule is CCCCCCCCCC(OC(C)C)(OC(C)C)C(C)C. The van der Waals surface area contributed by atoms with Crippen molar-refractivity contribution in [2.45, 2.75) is 118 Å². The summed E-state index contributed by atoms with van der Waals surface area (Å²) in [6.07, 6.45) is 10.7. The molecule has 0 saturated carbocycles. The number of unbranched alkanes of at least 4 members (excludes halogenated alkanes) is 6. The summed E-state index contributed by atoms with van der Waals surface area (Å²) in [4.78, 5) is 0. The summed E-state index contributed by atoms with van der Waals surface area (Å²) >= 11 is 0. The van der Waals surface area contributed by atoms with Gasteiger partial charge in [0.15, 0.2) is 5.79 Å². The highest BCUT2D eigenvalue weighted by atomic mass is 16.7. The van der Waals surface area contributed by atoms with Crippen LogP contribution in [-0.4, -0.2) is 18.0 Å². The quantitative estimate of drug-likeness (QED) is 0.292. The average molecular weight is 301 g/mol. The van der Waals surface area contributed by atoms with Crippen LogP contribution < -0.4 is 0 Å². The molecule has 0 fully saturated rings. The van der Waals surface area contributed by atoms with Crippen LogP contribution in [-0.2, 0) is 9.47 Å². The van der Waals surface area contributed by atoms with Crippen LogP contribution in [0.3, 0.4) is 0 Å². The predicted molar refractivity (Wildman–Crippen MR) is 92.6 cm³/mol. The molecule has 0 aliphatic heterocycles. The Hall–Kier alpha value is -0.0800. The normalized spacial score (nSPS) is 12.9. The lowest BCUT2D eigenvalue weighted by Gasteiger charge is -2.40. The lowest BCUT2D eigenvalue weighted by atomic mass is 9.94. The molecule has 128 valence electrons. The third-order valence-corrected chi connectivity index (χ3v) is 3.88. The molecule has 0 amide bonds. The molecular formula is C19H40O2. The summed E-state index contributed by atoms with van der Waals surface area (Å²) in [6, 6.07) is 0. The van der Waals surface area contributed by atoms with Crippen LogP contribution in [0.4, 0.5) is 0 Å². The van der Waals surface area contributed by atoms with E-state index < -0.39 is 5.79 Å². The molecule has 0 saturated heterocycles. The Morgan fingerprint density at radius 3 is 1.48 bits per heavy atom. The zero-order valence-corrected chi connectivity index (χ0v) is 15.7. The molecule has 2 nitrogen and oxygen atoms in total. The first-order valence-corrected chi connectivity index (χ1v) is 9.19. The fourth-order valence-electron chi connectivity index (χ4n) is 2.83. The largest absolute Gasteiger partial charge is 0.347 e. The first kappa shape index (κ1) is 20.9. The fraction of sp³-hybridized carbons (Fsp3) is 1.00. The van der Waals surface area contributed by atoms with E-state index in [1.165, 1.54) is 44.9 Å². The molecule has 0 bridgehead atoms. The fourth-order valence-corrected chi connectivity index (χ4v) is 2.83. The van der Waals surface area contributed by atoms with Crippen molar-refractivity contribution in [2.75, 3.05) is 0 Å². The molecule has 0 aliphatic rings. The van der Waals surface area contributed by atoms with Crippen LogP contribution in [0.25, 0.3) is 0 Å². The minimum absolute atomic E-state index is 0.204. The monoisotopic (exact) mass is 300 g/mol. The van der Waals surface area contributed by atoms with E-state index in [2.05, 4.69) is 48.5 Å². The van der Waals surface area contributed by atoms with Crippen molar-refractivity contribution in [1.29, 1.82) is 0 Å². The molecular weight excluding hydrogens is 260 g/mol. The highest BCUT2D eigenvalue weighted by molar-refractivity contribution is 4.76. The lowest BCUT2D eigenvalue weighted by Crippen LogP contribution is -2.45. The maximum absolute atomic E-state index is 6.23. The van der Waals surface area contributed by atoms with Gasteiger partial charge in [0, 0.05) is 12.3 Å². The Labute approximate surface area is 134 Å². The first-order valence-electron chi connectivity index (χ1n) is 9.19. The second-order valence-corrected chi connectivity index (χ2v) is 7.17. The van der Waals surface area contributed by atoms with Gasteiger partial charge in [-0.05, 0) is 34.1 Å². The third kappa shape index (κ3) is 9.52. The second-order valence-electron chi connectivity index (χ2n) is 7.17. The first-order chi connectivity index (χ1) is 9.84.